The van der Waals surface area contributed by atoms with E-state index < -0.39 is 5.41 Å². The average molecular weight is 651 g/mol. The molecule has 8 rings (SSSR count). The maximum atomic E-state index is 13.9. The fourth-order valence-corrected chi connectivity index (χ4v) is 7.86. The van der Waals surface area contributed by atoms with Crippen LogP contribution in [0, 0.1) is 5.41 Å². The van der Waals surface area contributed by atoms with E-state index in [1.54, 1.807) is 35.7 Å². The van der Waals surface area contributed by atoms with Crippen molar-refractivity contribution in [2.45, 2.75) is 25.8 Å². The van der Waals surface area contributed by atoms with Crippen molar-refractivity contribution in [1.82, 2.24) is 39.5 Å². The van der Waals surface area contributed by atoms with Crippen LogP contribution in [0.3, 0.4) is 0 Å². The lowest BCUT2D eigenvalue weighted by Crippen LogP contribution is -2.43. The van der Waals surface area contributed by atoms with Gasteiger partial charge in [-0.15, -0.1) is 11.3 Å². The number of thiazole rings is 1. The minimum Gasteiger partial charge on any atom is -0.481 e. The smallest absolute Gasteiger partial charge is 0.237 e. The molecule has 1 atom stereocenters. The first kappa shape index (κ1) is 29.6. The Morgan fingerprint density at radius 3 is 2.72 bits per heavy atom. The number of nitrogens with zero attached hydrogens (tertiary/aromatic N) is 10. The van der Waals surface area contributed by atoms with Gasteiger partial charge < -0.3 is 9.64 Å². The van der Waals surface area contributed by atoms with E-state index in [-0.39, 0.29) is 11.8 Å². The van der Waals surface area contributed by atoms with E-state index in [1.807, 2.05) is 47.3 Å². The van der Waals surface area contributed by atoms with Crippen LogP contribution in [0.4, 0.5) is 5.82 Å². The lowest BCUT2D eigenvalue weighted by Gasteiger charge is -2.28. The Kier molecular flexibility index (Phi) is 7.40. The number of amides is 2. The van der Waals surface area contributed by atoms with Crippen LogP contribution in [0.25, 0.3) is 16.3 Å². The molecule has 0 N–H and O–H groups in total. The summed E-state index contributed by atoms with van der Waals surface area (Å²) in [6, 6.07) is 7.68. The van der Waals surface area contributed by atoms with E-state index in [0.717, 1.165) is 63.8 Å². The van der Waals surface area contributed by atoms with Crippen LogP contribution < -0.4 is 9.64 Å². The Hall–Kier alpha value is -4.82. The zero-order valence-corrected chi connectivity index (χ0v) is 27.1. The van der Waals surface area contributed by atoms with Gasteiger partial charge in [0.15, 0.2) is 5.82 Å². The summed E-state index contributed by atoms with van der Waals surface area (Å²) in [6.07, 6.45) is 9.58. The number of carbonyl (C=O) groups excluding carboxylic acids is 2. The molecule has 0 aromatic carbocycles. The quantitative estimate of drug-likeness (QED) is 0.296. The van der Waals surface area contributed by atoms with E-state index in [0.29, 0.717) is 56.8 Å². The van der Waals surface area contributed by atoms with Gasteiger partial charge in [-0.2, -0.15) is 5.10 Å². The largest absolute Gasteiger partial charge is 0.481 e. The third-order valence-electron chi connectivity index (χ3n) is 9.56. The SMILES string of the molecule is COc1ccc(C2=NCc3ccc(N4CC[C@]5(CCN(CC(=O)N6CC=C(c7ncc(-c8ncn(C)n8)s7)CC6)C5)C4=O)nc32)cn1. The molecule has 0 saturated carbocycles. The molecule has 2 amide bonds. The number of fused-ring (bicyclic) bond motifs is 1. The first-order valence-electron chi connectivity index (χ1n) is 15.8. The molecule has 0 aliphatic carbocycles. The van der Waals surface area contributed by atoms with Gasteiger partial charge in [0.1, 0.15) is 17.2 Å². The molecule has 47 heavy (non-hydrogen) atoms. The molecule has 2 saturated heterocycles. The molecular formula is C33H34N10O3S. The number of hydrogen-bond donors (Lipinski definition) is 0. The molecule has 0 bridgehead atoms. The van der Waals surface area contributed by atoms with Gasteiger partial charge >= 0.3 is 0 Å². The Morgan fingerprint density at radius 1 is 1.06 bits per heavy atom. The Bertz CT molecular complexity index is 1930. The summed E-state index contributed by atoms with van der Waals surface area (Å²) in [7, 11) is 3.43. The van der Waals surface area contributed by atoms with Crippen molar-refractivity contribution in [1.29, 1.82) is 0 Å². The number of hydrogen-bond acceptors (Lipinski definition) is 11. The Labute approximate surface area is 275 Å². The van der Waals surface area contributed by atoms with Crippen LogP contribution in [0.5, 0.6) is 5.88 Å². The molecule has 14 heteroatoms. The number of aliphatic imine (C=N–C) groups is 1. The average Bonchev–Trinajstić information content (AvgIpc) is 3.94. The van der Waals surface area contributed by atoms with E-state index in [9.17, 15) is 9.59 Å². The summed E-state index contributed by atoms with van der Waals surface area (Å²) in [4.78, 5) is 57.0. The van der Waals surface area contributed by atoms with Gasteiger partial charge in [0.05, 0.1) is 41.9 Å². The second-order valence-electron chi connectivity index (χ2n) is 12.5. The number of rotatable bonds is 7. The van der Waals surface area contributed by atoms with Crippen LogP contribution in [0.2, 0.25) is 0 Å². The second-order valence-corrected chi connectivity index (χ2v) is 13.5. The number of pyridine rings is 2. The highest BCUT2D eigenvalue weighted by molar-refractivity contribution is 7.16. The van der Waals surface area contributed by atoms with Crippen LogP contribution in [0.1, 0.15) is 41.1 Å². The zero-order chi connectivity index (χ0) is 32.1. The fourth-order valence-electron chi connectivity index (χ4n) is 6.94. The highest BCUT2D eigenvalue weighted by Crippen LogP contribution is 2.42. The number of likely N-dealkylation sites (tertiary alicyclic amines) is 1. The maximum absolute atomic E-state index is 13.9. The fraction of sp³-hybridized carbons (Fsp3) is 0.394. The van der Waals surface area contributed by atoms with Gasteiger partial charge in [-0.1, -0.05) is 12.1 Å². The third kappa shape index (κ3) is 5.40. The number of anilines is 1. The summed E-state index contributed by atoms with van der Waals surface area (Å²) in [6.45, 7) is 3.99. The molecule has 4 aromatic heterocycles. The second kappa shape index (κ2) is 11.8. The van der Waals surface area contributed by atoms with Gasteiger partial charge in [0.25, 0.3) is 0 Å². The number of carbonyl (C=O) groups is 2. The summed E-state index contributed by atoms with van der Waals surface area (Å²) in [5, 5.41) is 5.32. The van der Waals surface area contributed by atoms with Crippen molar-refractivity contribution in [3.8, 4) is 16.6 Å². The predicted molar refractivity (Wildman–Crippen MR) is 176 cm³/mol. The normalized spacial score (nSPS) is 21.0. The minimum atomic E-state index is -0.488. The summed E-state index contributed by atoms with van der Waals surface area (Å²) in [5.41, 5.74) is 4.13. The van der Waals surface area contributed by atoms with Gasteiger partial charge in [-0.3, -0.25) is 29.1 Å². The van der Waals surface area contributed by atoms with Gasteiger partial charge in [-0.05, 0) is 43.5 Å². The maximum Gasteiger partial charge on any atom is 0.237 e. The van der Waals surface area contributed by atoms with Crippen molar-refractivity contribution in [2.75, 3.05) is 51.3 Å². The van der Waals surface area contributed by atoms with Crippen LogP contribution in [-0.4, -0.2) is 103 Å². The molecule has 13 nitrogen and oxygen atoms in total. The van der Waals surface area contributed by atoms with E-state index >= 15 is 0 Å². The summed E-state index contributed by atoms with van der Waals surface area (Å²) < 4.78 is 6.87. The predicted octanol–water partition coefficient (Wildman–Crippen LogP) is 2.83. The summed E-state index contributed by atoms with van der Waals surface area (Å²) >= 11 is 1.57. The molecule has 0 unspecified atom stereocenters. The highest BCUT2D eigenvalue weighted by Gasteiger charge is 2.51. The molecule has 8 heterocycles. The Balaban J connectivity index is 0.889. The van der Waals surface area contributed by atoms with Gasteiger partial charge in [0, 0.05) is 62.8 Å². The number of aryl methyl sites for hydroxylation is 1. The lowest BCUT2D eigenvalue weighted by atomic mass is 9.85. The van der Waals surface area contributed by atoms with Crippen LogP contribution >= 0.6 is 11.3 Å². The molecule has 4 aromatic rings. The highest BCUT2D eigenvalue weighted by atomic mass is 32.1. The van der Waals surface area contributed by atoms with Crippen molar-refractivity contribution in [3.63, 3.8) is 0 Å². The molecule has 0 radical (unpaired) electrons. The topological polar surface area (TPSA) is 135 Å². The van der Waals surface area contributed by atoms with Gasteiger partial charge in [-0.25, -0.2) is 19.9 Å². The molecule has 4 aliphatic rings. The number of ether oxygens (including phenoxy) is 1. The third-order valence-corrected chi connectivity index (χ3v) is 10.6. The molecule has 1 spiro atoms. The van der Waals surface area contributed by atoms with Crippen molar-refractivity contribution >= 4 is 40.3 Å². The minimum absolute atomic E-state index is 0.0942. The first-order chi connectivity index (χ1) is 22.9. The molecule has 240 valence electrons. The molecule has 4 aliphatic heterocycles. The van der Waals surface area contributed by atoms with Crippen molar-refractivity contribution < 1.29 is 14.3 Å². The van der Waals surface area contributed by atoms with Crippen molar-refractivity contribution in [3.05, 3.63) is 70.9 Å². The molecule has 2 fully saturated rings. The van der Waals surface area contributed by atoms with Crippen LogP contribution in [-0.2, 0) is 23.2 Å². The van der Waals surface area contributed by atoms with Gasteiger partial charge in [0.2, 0.25) is 17.7 Å². The monoisotopic (exact) mass is 650 g/mol. The number of methoxy groups -OCH3 is 1. The zero-order valence-electron chi connectivity index (χ0n) is 26.3. The standard InChI is InChI=1S/C33H34N10O3S/c1-40-20-37-30(39-40)24-17-36-31(47-24)21-7-11-42(12-8-21)27(44)18-41-13-9-33(19-41)10-14-43(32(33)45)25-5-3-23-16-35-28(29(23)38-25)22-4-6-26(46-2)34-15-22/h3-7,15,17,20H,8-14,16,18-19H2,1-2H3/t33-/m0/s1. The Morgan fingerprint density at radius 2 is 1.96 bits per heavy atom. The number of aromatic nitrogens is 6. The van der Waals surface area contributed by atoms with E-state index in [2.05, 4.69) is 31.0 Å². The van der Waals surface area contributed by atoms with Crippen molar-refractivity contribution in [2.24, 2.45) is 17.5 Å². The molecular weight excluding hydrogens is 616 g/mol. The lowest BCUT2D eigenvalue weighted by molar-refractivity contribution is -0.132. The first-order valence-corrected chi connectivity index (χ1v) is 16.6. The van der Waals surface area contributed by atoms with Crippen LogP contribution in [0.15, 0.2) is 54.1 Å². The van der Waals surface area contributed by atoms with E-state index in [4.69, 9.17) is 14.7 Å². The summed E-state index contributed by atoms with van der Waals surface area (Å²) in [5.74, 6) is 2.05. The van der Waals surface area contributed by atoms with E-state index in [1.165, 1.54) is 0 Å².